The van der Waals surface area contributed by atoms with Crippen molar-refractivity contribution >= 4 is 5.57 Å². The highest BCUT2D eigenvalue weighted by Gasteiger charge is 2.25. The van der Waals surface area contributed by atoms with Crippen molar-refractivity contribution in [1.29, 1.82) is 0 Å². The van der Waals surface area contributed by atoms with E-state index in [1.807, 2.05) is 12.1 Å². The van der Waals surface area contributed by atoms with Crippen LogP contribution in [0.15, 0.2) is 30.3 Å². The van der Waals surface area contributed by atoms with Crippen LogP contribution in [0.5, 0.6) is 0 Å². The molecule has 1 fully saturated rings. The molecule has 1 aromatic heterocycles. The summed E-state index contributed by atoms with van der Waals surface area (Å²) in [6.07, 6.45) is 15.3. The van der Waals surface area contributed by atoms with Gasteiger partial charge >= 0.3 is 0 Å². The van der Waals surface area contributed by atoms with Crippen LogP contribution in [0, 0.1) is 24.6 Å². The molecule has 0 N–H and O–H groups in total. The summed E-state index contributed by atoms with van der Waals surface area (Å²) >= 11 is 0. The fraction of sp³-hybridized carbons (Fsp3) is 0.577. The zero-order valence-electron chi connectivity index (χ0n) is 18.1. The van der Waals surface area contributed by atoms with Gasteiger partial charge in [-0.15, -0.1) is 0 Å². The number of aromatic nitrogens is 2. The highest BCUT2D eigenvalue weighted by molar-refractivity contribution is 5.80. The van der Waals surface area contributed by atoms with Crippen molar-refractivity contribution in [2.45, 2.75) is 84.6 Å². The number of allylic oxidation sites excluding steroid dienone is 2. The minimum atomic E-state index is -0.188. The standard InChI is InChI=1S/C26H35FN2/c1-3-7-20-10-12-21(13-11-20)18-29-19(2)25(22-8-5-4-6-9-22)26(28-29)23-14-16-24(27)17-15-23/h8,14-17,20-21H,3-7,9-13,18H2,1-2H3. The van der Waals surface area contributed by atoms with Gasteiger partial charge in [0, 0.05) is 23.4 Å². The average molecular weight is 395 g/mol. The molecule has 2 nitrogen and oxygen atoms in total. The third-order valence-corrected chi connectivity index (χ3v) is 7.03. The summed E-state index contributed by atoms with van der Waals surface area (Å²) in [5, 5.41) is 5.09. The Labute approximate surface area is 175 Å². The predicted octanol–water partition coefficient (Wildman–Crippen LogP) is 7.56. The summed E-state index contributed by atoms with van der Waals surface area (Å²) in [7, 11) is 0. The van der Waals surface area contributed by atoms with Crippen LogP contribution in [0.4, 0.5) is 4.39 Å². The molecule has 0 unspecified atom stereocenters. The van der Waals surface area contributed by atoms with E-state index in [1.165, 1.54) is 68.2 Å². The molecule has 0 saturated heterocycles. The van der Waals surface area contributed by atoms with Crippen molar-refractivity contribution in [3.8, 4) is 11.3 Å². The third kappa shape index (κ3) is 4.65. The van der Waals surface area contributed by atoms with Crippen LogP contribution in [0.1, 0.15) is 82.4 Å². The SMILES string of the molecule is CCCC1CCC(Cn2nc(-c3ccc(F)cc3)c(C3=CCCCC3)c2C)CC1. The van der Waals surface area contributed by atoms with Crippen molar-refractivity contribution in [2.24, 2.45) is 11.8 Å². The quantitative estimate of drug-likeness (QED) is 0.494. The van der Waals surface area contributed by atoms with E-state index in [2.05, 4.69) is 24.6 Å². The van der Waals surface area contributed by atoms with Crippen molar-refractivity contribution in [1.82, 2.24) is 9.78 Å². The van der Waals surface area contributed by atoms with E-state index in [1.54, 1.807) is 12.1 Å². The lowest BCUT2D eigenvalue weighted by molar-refractivity contribution is 0.235. The zero-order valence-corrected chi connectivity index (χ0v) is 18.1. The lowest BCUT2D eigenvalue weighted by Gasteiger charge is -2.28. The minimum Gasteiger partial charge on any atom is -0.268 e. The highest BCUT2D eigenvalue weighted by atomic mass is 19.1. The Morgan fingerprint density at radius 1 is 1.03 bits per heavy atom. The fourth-order valence-electron chi connectivity index (χ4n) is 5.34. The molecule has 2 aromatic rings. The molecule has 2 aliphatic rings. The summed E-state index contributed by atoms with van der Waals surface area (Å²) in [6, 6.07) is 6.87. The van der Waals surface area contributed by atoms with Gasteiger partial charge in [-0.25, -0.2) is 4.39 Å². The largest absolute Gasteiger partial charge is 0.268 e. The van der Waals surface area contributed by atoms with Gasteiger partial charge in [0.15, 0.2) is 0 Å². The van der Waals surface area contributed by atoms with Crippen molar-refractivity contribution < 1.29 is 4.39 Å². The Morgan fingerprint density at radius 2 is 1.76 bits per heavy atom. The maximum absolute atomic E-state index is 13.5. The smallest absolute Gasteiger partial charge is 0.123 e. The number of rotatable bonds is 6. The number of hydrogen-bond donors (Lipinski definition) is 0. The van der Waals surface area contributed by atoms with Gasteiger partial charge in [-0.1, -0.05) is 38.7 Å². The molecule has 0 aliphatic heterocycles. The van der Waals surface area contributed by atoms with Gasteiger partial charge < -0.3 is 0 Å². The maximum Gasteiger partial charge on any atom is 0.123 e. The van der Waals surface area contributed by atoms with E-state index >= 15 is 0 Å². The lowest BCUT2D eigenvalue weighted by atomic mass is 9.80. The van der Waals surface area contributed by atoms with Gasteiger partial charge in [-0.2, -0.15) is 5.10 Å². The van der Waals surface area contributed by atoms with Crippen LogP contribution in [-0.4, -0.2) is 9.78 Å². The monoisotopic (exact) mass is 394 g/mol. The molecular formula is C26H35FN2. The molecule has 0 atom stereocenters. The second-order valence-corrected chi connectivity index (χ2v) is 9.15. The van der Waals surface area contributed by atoms with Gasteiger partial charge in [0.2, 0.25) is 0 Å². The van der Waals surface area contributed by atoms with Crippen LogP contribution in [0.3, 0.4) is 0 Å². The predicted molar refractivity (Wildman–Crippen MR) is 119 cm³/mol. The third-order valence-electron chi connectivity index (χ3n) is 7.03. The van der Waals surface area contributed by atoms with E-state index in [0.717, 1.165) is 42.5 Å². The van der Waals surface area contributed by atoms with E-state index in [4.69, 9.17) is 5.10 Å². The summed E-state index contributed by atoms with van der Waals surface area (Å²) in [5.41, 5.74) is 6.09. The van der Waals surface area contributed by atoms with Crippen LogP contribution in [0.2, 0.25) is 0 Å². The number of hydrogen-bond acceptors (Lipinski definition) is 1. The first-order valence-electron chi connectivity index (χ1n) is 11.7. The molecule has 1 aromatic carbocycles. The fourth-order valence-corrected chi connectivity index (χ4v) is 5.34. The second-order valence-electron chi connectivity index (χ2n) is 9.15. The van der Waals surface area contributed by atoms with Crippen molar-refractivity contribution in [2.75, 3.05) is 0 Å². The Morgan fingerprint density at radius 3 is 2.41 bits per heavy atom. The summed E-state index contributed by atoms with van der Waals surface area (Å²) < 4.78 is 15.8. The van der Waals surface area contributed by atoms with Gasteiger partial charge in [-0.05, 0) is 87.1 Å². The second kappa shape index (κ2) is 9.28. The normalized spacial score (nSPS) is 22.5. The molecule has 1 saturated carbocycles. The lowest BCUT2D eigenvalue weighted by Crippen LogP contribution is -2.20. The van der Waals surface area contributed by atoms with Crippen LogP contribution >= 0.6 is 0 Å². The van der Waals surface area contributed by atoms with E-state index < -0.39 is 0 Å². The topological polar surface area (TPSA) is 17.8 Å². The number of nitrogens with zero attached hydrogens (tertiary/aromatic N) is 2. The van der Waals surface area contributed by atoms with Gasteiger partial charge in [0.05, 0.1) is 0 Å². The van der Waals surface area contributed by atoms with Gasteiger partial charge in [-0.3, -0.25) is 4.68 Å². The highest BCUT2D eigenvalue weighted by Crippen LogP contribution is 2.38. The first kappa shape index (κ1) is 20.4. The van der Waals surface area contributed by atoms with Crippen molar-refractivity contribution in [3.05, 3.63) is 47.4 Å². The Bertz CT molecular complexity index is 838. The maximum atomic E-state index is 13.5. The van der Waals surface area contributed by atoms with Gasteiger partial charge in [0.1, 0.15) is 11.5 Å². The molecule has 0 radical (unpaired) electrons. The first-order chi connectivity index (χ1) is 14.2. The summed E-state index contributed by atoms with van der Waals surface area (Å²) in [5.74, 6) is 1.48. The molecular weight excluding hydrogens is 359 g/mol. The van der Waals surface area contributed by atoms with Crippen LogP contribution < -0.4 is 0 Å². The van der Waals surface area contributed by atoms with Crippen molar-refractivity contribution in [3.63, 3.8) is 0 Å². The molecule has 0 bridgehead atoms. The van der Waals surface area contributed by atoms with E-state index in [0.29, 0.717) is 0 Å². The van der Waals surface area contributed by atoms with Crippen LogP contribution in [-0.2, 0) is 6.54 Å². The molecule has 3 heteroatoms. The zero-order chi connectivity index (χ0) is 20.2. The minimum absolute atomic E-state index is 0.188. The molecule has 2 aliphatic carbocycles. The average Bonchev–Trinajstić information content (AvgIpc) is 3.07. The molecule has 4 rings (SSSR count). The Kier molecular flexibility index (Phi) is 6.52. The van der Waals surface area contributed by atoms with E-state index in [9.17, 15) is 4.39 Å². The van der Waals surface area contributed by atoms with Gasteiger partial charge in [0.25, 0.3) is 0 Å². The first-order valence-corrected chi connectivity index (χ1v) is 11.7. The Hall–Kier alpha value is -1.90. The van der Waals surface area contributed by atoms with Crippen LogP contribution in [0.25, 0.3) is 16.8 Å². The summed E-state index contributed by atoms with van der Waals surface area (Å²) in [4.78, 5) is 0. The number of benzene rings is 1. The molecule has 156 valence electrons. The molecule has 0 amide bonds. The molecule has 29 heavy (non-hydrogen) atoms. The van der Waals surface area contributed by atoms with E-state index in [-0.39, 0.29) is 5.82 Å². The number of halogens is 1. The summed E-state index contributed by atoms with van der Waals surface area (Å²) in [6.45, 7) is 5.55. The molecule has 1 heterocycles. The Balaban J connectivity index is 1.61. The molecule has 0 spiro atoms.